The molecular formula is C19H16ClF3N4O3. The summed E-state index contributed by atoms with van der Waals surface area (Å²) in [7, 11) is 4.14. The minimum atomic E-state index is -1.08. The number of nitrogens with zero attached hydrogens (tertiary/aromatic N) is 1. The third kappa shape index (κ3) is 3.44. The summed E-state index contributed by atoms with van der Waals surface area (Å²) in [6.45, 7) is 0. The third-order valence-corrected chi connectivity index (χ3v) is 4.78. The molecule has 0 spiro atoms. The van der Waals surface area contributed by atoms with E-state index in [2.05, 4.69) is 21.0 Å². The Morgan fingerprint density at radius 3 is 2.33 bits per heavy atom. The first-order valence-corrected chi connectivity index (χ1v) is 8.93. The summed E-state index contributed by atoms with van der Waals surface area (Å²) in [5, 5.41) is 4.62. The van der Waals surface area contributed by atoms with Gasteiger partial charge in [0, 0.05) is 33.4 Å². The number of halogens is 4. The van der Waals surface area contributed by atoms with E-state index in [9.17, 15) is 22.8 Å². The van der Waals surface area contributed by atoms with Crippen molar-refractivity contribution >= 4 is 39.8 Å². The Bertz CT molecular complexity index is 1230. The van der Waals surface area contributed by atoms with Crippen LogP contribution in [-0.2, 0) is 4.84 Å². The van der Waals surface area contributed by atoms with Crippen molar-refractivity contribution in [1.82, 2.24) is 10.0 Å². The number of hydroxylamine groups is 1. The van der Waals surface area contributed by atoms with Gasteiger partial charge in [0.2, 0.25) is 5.43 Å². The zero-order valence-electron chi connectivity index (χ0n) is 16.0. The zero-order valence-corrected chi connectivity index (χ0v) is 16.7. The number of pyridine rings is 1. The van der Waals surface area contributed by atoms with E-state index in [0.29, 0.717) is 6.07 Å². The lowest BCUT2D eigenvalue weighted by Gasteiger charge is -2.18. The van der Waals surface area contributed by atoms with E-state index in [1.165, 1.54) is 21.1 Å². The highest BCUT2D eigenvalue weighted by Gasteiger charge is 2.24. The summed E-state index contributed by atoms with van der Waals surface area (Å²) in [5.41, 5.74) is 0.239. The van der Waals surface area contributed by atoms with Crippen molar-refractivity contribution in [2.24, 2.45) is 0 Å². The molecule has 11 heteroatoms. The van der Waals surface area contributed by atoms with Gasteiger partial charge in [0.05, 0.1) is 33.0 Å². The van der Waals surface area contributed by atoms with Crippen LogP contribution in [0.2, 0.25) is 5.02 Å². The molecule has 0 amide bonds. The van der Waals surface area contributed by atoms with E-state index in [-0.39, 0.29) is 33.0 Å². The van der Waals surface area contributed by atoms with Crippen molar-refractivity contribution in [2.45, 2.75) is 0 Å². The van der Waals surface area contributed by atoms with Crippen LogP contribution in [0.15, 0.2) is 29.2 Å². The minimum Gasteiger partial charge on any atom is -0.386 e. The van der Waals surface area contributed by atoms with Gasteiger partial charge in [-0.15, -0.1) is 0 Å². The lowest BCUT2D eigenvalue weighted by atomic mass is 10.1. The molecular weight excluding hydrogens is 425 g/mol. The molecule has 7 nitrogen and oxygen atoms in total. The molecule has 0 aliphatic heterocycles. The van der Waals surface area contributed by atoms with Gasteiger partial charge >= 0.3 is 5.97 Å². The van der Waals surface area contributed by atoms with Gasteiger partial charge in [0.1, 0.15) is 23.0 Å². The van der Waals surface area contributed by atoms with Crippen molar-refractivity contribution < 1.29 is 22.8 Å². The van der Waals surface area contributed by atoms with Crippen molar-refractivity contribution in [3.63, 3.8) is 0 Å². The van der Waals surface area contributed by atoms with E-state index >= 15 is 0 Å². The first-order valence-electron chi connectivity index (χ1n) is 8.55. The molecule has 0 radical (unpaired) electrons. The Hall–Kier alpha value is -3.24. The maximum absolute atomic E-state index is 14.7. The van der Waals surface area contributed by atoms with E-state index in [0.717, 1.165) is 22.9 Å². The van der Waals surface area contributed by atoms with Gasteiger partial charge in [0.25, 0.3) is 0 Å². The van der Waals surface area contributed by atoms with Gasteiger partial charge in [-0.1, -0.05) is 11.6 Å². The van der Waals surface area contributed by atoms with Crippen LogP contribution >= 0.6 is 11.6 Å². The molecule has 0 atom stereocenters. The van der Waals surface area contributed by atoms with Crippen molar-refractivity contribution in [3.05, 3.63) is 62.7 Å². The highest BCUT2D eigenvalue weighted by Crippen LogP contribution is 2.35. The fourth-order valence-electron chi connectivity index (χ4n) is 3.04. The van der Waals surface area contributed by atoms with E-state index < -0.39 is 34.4 Å². The number of hydrogen-bond donors (Lipinski definition) is 3. The van der Waals surface area contributed by atoms with Crippen LogP contribution in [0.3, 0.4) is 0 Å². The molecule has 3 N–H and O–H groups in total. The second kappa shape index (κ2) is 8.25. The van der Waals surface area contributed by atoms with Crippen LogP contribution in [0.1, 0.15) is 10.4 Å². The van der Waals surface area contributed by atoms with Gasteiger partial charge in [-0.2, -0.15) is 5.48 Å². The summed E-state index contributed by atoms with van der Waals surface area (Å²) in [6.07, 6.45) is 1.00. The molecule has 158 valence electrons. The number of carbonyl (C=O) groups excluding carboxylic acids is 1. The number of carbonyl (C=O) groups is 1. The number of nitrogens with one attached hydrogen (secondary N) is 3. The van der Waals surface area contributed by atoms with Gasteiger partial charge in [-0.3, -0.25) is 4.79 Å². The molecule has 3 aromatic rings. The Kier molecular flexibility index (Phi) is 5.90. The Morgan fingerprint density at radius 1 is 1.03 bits per heavy atom. The molecule has 3 rings (SSSR count). The van der Waals surface area contributed by atoms with Crippen molar-refractivity contribution in [1.29, 1.82) is 0 Å². The van der Waals surface area contributed by atoms with Crippen molar-refractivity contribution in [3.8, 4) is 5.69 Å². The molecule has 0 saturated heterocycles. The number of hydrogen-bond acceptors (Lipinski definition) is 6. The predicted octanol–water partition coefficient (Wildman–Crippen LogP) is 3.44. The van der Waals surface area contributed by atoms with Gasteiger partial charge in [0.15, 0.2) is 0 Å². The topological polar surface area (TPSA) is 84.4 Å². The van der Waals surface area contributed by atoms with Crippen LogP contribution in [-0.4, -0.2) is 31.7 Å². The monoisotopic (exact) mass is 440 g/mol. The fourth-order valence-corrected chi connectivity index (χ4v) is 3.42. The predicted molar refractivity (Wildman–Crippen MR) is 108 cm³/mol. The fraction of sp³-hybridized carbons (Fsp3) is 0.158. The first kappa shape index (κ1) is 21.5. The Labute approximate surface area is 173 Å². The zero-order chi connectivity index (χ0) is 22.2. The molecule has 2 aromatic carbocycles. The summed E-state index contributed by atoms with van der Waals surface area (Å²) in [4.78, 5) is 29.7. The number of rotatable bonds is 5. The molecule has 0 saturated carbocycles. The van der Waals surface area contributed by atoms with E-state index in [1.54, 1.807) is 0 Å². The second-order valence-corrected chi connectivity index (χ2v) is 6.44. The van der Waals surface area contributed by atoms with Gasteiger partial charge in [-0.05, 0) is 12.1 Å². The lowest BCUT2D eigenvalue weighted by Crippen LogP contribution is -2.24. The number of aromatic nitrogens is 1. The Balaban J connectivity index is 2.53. The molecule has 0 bridgehead atoms. The molecule has 0 fully saturated rings. The standard InChI is InChI=1S/C19H16ClF3N4O3/c1-24-13-6-14(11(22)5-10(13)21)27-7-9(19(29)30-26-3)18(28)8-4-12(23)16(25-2)15(20)17(8)27/h4-7,24-26H,1-3H3. The molecule has 1 aromatic heterocycles. The number of fused-ring (bicyclic) bond motifs is 1. The second-order valence-electron chi connectivity index (χ2n) is 6.06. The third-order valence-electron chi connectivity index (χ3n) is 4.41. The average molecular weight is 441 g/mol. The molecule has 1 heterocycles. The van der Waals surface area contributed by atoms with E-state index in [1.807, 2.05) is 0 Å². The van der Waals surface area contributed by atoms with Crippen LogP contribution in [0, 0.1) is 17.5 Å². The van der Waals surface area contributed by atoms with Crippen LogP contribution in [0.4, 0.5) is 24.5 Å². The summed E-state index contributed by atoms with van der Waals surface area (Å²) in [6, 6.07) is 2.63. The van der Waals surface area contributed by atoms with Crippen molar-refractivity contribution in [2.75, 3.05) is 31.8 Å². The summed E-state index contributed by atoms with van der Waals surface area (Å²) in [5.74, 6) is -3.79. The molecule has 0 aliphatic carbocycles. The first-order chi connectivity index (χ1) is 14.2. The van der Waals surface area contributed by atoms with Gasteiger partial charge in [-0.25, -0.2) is 18.0 Å². The Morgan fingerprint density at radius 2 is 1.73 bits per heavy atom. The molecule has 30 heavy (non-hydrogen) atoms. The quantitative estimate of drug-likeness (QED) is 0.527. The van der Waals surface area contributed by atoms with Crippen LogP contribution in [0.25, 0.3) is 16.6 Å². The van der Waals surface area contributed by atoms with E-state index in [4.69, 9.17) is 11.6 Å². The number of benzene rings is 2. The lowest BCUT2D eigenvalue weighted by molar-refractivity contribution is 0.0308. The molecule has 0 unspecified atom stereocenters. The average Bonchev–Trinajstić information content (AvgIpc) is 2.69. The molecule has 0 aliphatic rings. The van der Waals surface area contributed by atoms with Crippen LogP contribution < -0.4 is 21.5 Å². The largest absolute Gasteiger partial charge is 0.386 e. The summed E-state index contributed by atoms with van der Waals surface area (Å²) < 4.78 is 44.2. The maximum atomic E-state index is 14.7. The van der Waals surface area contributed by atoms with Crippen LogP contribution in [0.5, 0.6) is 0 Å². The maximum Gasteiger partial charge on any atom is 0.362 e. The SMILES string of the molecule is CNOC(=O)c1cn(-c2cc(NC)c(F)cc2F)c2c(Cl)c(NC)c(F)cc2c1=O. The number of anilines is 2. The van der Waals surface area contributed by atoms with Gasteiger partial charge < -0.3 is 20.0 Å². The highest BCUT2D eigenvalue weighted by molar-refractivity contribution is 6.38. The minimum absolute atomic E-state index is 0.0512. The summed E-state index contributed by atoms with van der Waals surface area (Å²) >= 11 is 6.32. The normalized spacial score (nSPS) is 10.9. The smallest absolute Gasteiger partial charge is 0.362 e. The highest BCUT2D eigenvalue weighted by atomic mass is 35.5.